The number of benzene rings is 2. The van der Waals surface area contributed by atoms with Crippen LogP contribution in [0.4, 0.5) is 16.2 Å². The summed E-state index contributed by atoms with van der Waals surface area (Å²) >= 11 is 0.716. The van der Waals surface area contributed by atoms with Crippen LogP contribution in [0.5, 0.6) is 0 Å². The van der Waals surface area contributed by atoms with Crippen LogP contribution in [0.25, 0.3) is 17.4 Å². The van der Waals surface area contributed by atoms with Crippen molar-refractivity contribution in [2.45, 2.75) is 27.7 Å². The van der Waals surface area contributed by atoms with E-state index in [1.54, 1.807) is 32.0 Å². The summed E-state index contributed by atoms with van der Waals surface area (Å²) in [5, 5.41) is 13.6. The van der Waals surface area contributed by atoms with Crippen LogP contribution < -0.4 is 5.32 Å². The highest BCUT2D eigenvalue weighted by Gasteiger charge is 2.36. The third kappa shape index (κ3) is 4.94. The maximum atomic E-state index is 12.8. The molecule has 10 heteroatoms. The van der Waals surface area contributed by atoms with Gasteiger partial charge in [0.25, 0.3) is 16.8 Å². The predicted molar refractivity (Wildman–Crippen MR) is 137 cm³/mol. The number of nitro groups is 1. The molecule has 3 amide bonds. The summed E-state index contributed by atoms with van der Waals surface area (Å²) in [6.45, 7) is 6.77. The molecule has 1 fully saturated rings. The van der Waals surface area contributed by atoms with Crippen LogP contribution >= 0.6 is 11.8 Å². The Morgan fingerprint density at radius 1 is 1.08 bits per heavy atom. The zero-order chi connectivity index (χ0) is 26.1. The van der Waals surface area contributed by atoms with E-state index in [2.05, 4.69) is 5.32 Å². The molecule has 3 aromatic rings. The van der Waals surface area contributed by atoms with Gasteiger partial charge in [-0.3, -0.25) is 29.4 Å². The van der Waals surface area contributed by atoms with Gasteiger partial charge in [0.1, 0.15) is 18.1 Å². The number of nitrogens with one attached hydrogen (secondary N) is 1. The fraction of sp³-hybridized carbons (Fsp3) is 0.192. The Bertz CT molecular complexity index is 1440. The first-order valence-electron chi connectivity index (χ1n) is 11.0. The van der Waals surface area contributed by atoms with E-state index in [9.17, 15) is 24.5 Å². The van der Waals surface area contributed by atoms with Gasteiger partial charge in [-0.05, 0) is 74.3 Å². The zero-order valence-corrected chi connectivity index (χ0v) is 20.9. The maximum absolute atomic E-state index is 12.8. The molecule has 1 aliphatic rings. The van der Waals surface area contributed by atoms with Gasteiger partial charge in [-0.1, -0.05) is 18.2 Å². The van der Waals surface area contributed by atoms with Crippen molar-refractivity contribution in [2.75, 3.05) is 11.9 Å². The van der Waals surface area contributed by atoms with Gasteiger partial charge >= 0.3 is 0 Å². The molecule has 0 atom stereocenters. The highest BCUT2D eigenvalue weighted by Crippen LogP contribution is 2.35. The first kappa shape index (κ1) is 24.9. The number of hydrogen-bond acceptors (Lipinski definition) is 7. The highest BCUT2D eigenvalue weighted by atomic mass is 32.2. The van der Waals surface area contributed by atoms with E-state index in [4.69, 9.17) is 4.42 Å². The van der Waals surface area contributed by atoms with Crippen molar-refractivity contribution in [3.63, 3.8) is 0 Å². The number of rotatable bonds is 6. The number of hydrogen-bond donors (Lipinski definition) is 1. The normalized spacial score (nSPS) is 14.6. The molecule has 36 heavy (non-hydrogen) atoms. The van der Waals surface area contributed by atoms with Crippen molar-refractivity contribution >= 4 is 46.3 Å². The highest BCUT2D eigenvalue weighted by molar-refractivity contribution is 8.18. The Hall–Kier alpha value is -4.18. The molecule has 1 saturated heterocycles. The Morgan fingerprint density at radius 3 is 2.44 bits per heavy atom. The Labute approximate surface area is 211 Å². The molecule has 0 unspecified atom stereocenters. The molecule has 0 radical (unpaired) electrons. The molecule has 2 heterocycles. The van der Waals surface area contributed by atoms with Crippen LogP contribution in [0.1, 0.15) is 28.0 Å². The number of carbonyl (C=O) groups excluding carboxylic acids is 3. The number of nitro benzene ring substituents is 1. The fourth-order valence-electron chi connectivity index (χ4n) is 3.86. The van der Waals surface area contributed by atoms with Gasteiger partial charge in [0, 0.05) is 29.0 Å². The van der Waals surface area contributed by atoms with Crippen molar-refractivity contribution < 1.29 is 23.7 Å². The summed E-state index contributed by atoms with van der Waals surface area (Å²) in [4.78, 5) is 49.8. The summed E-state index contributed by atoms with van der Waals surface area (Å²) in [5.41, 5.74) is 4.24. The van der Waals surface area contributed by atoms with E-state index in [1.807, 2.05) is 32.0 Å². The van der Waals surface area contributed by atoms with Gasteiger partial charge in [0.2, 0.25) is 5.91 Å². The Morgan fingerprint density at radius 2 is 1.78 bits per heavy atom. The Balaban J connectivity index is 1.51. The number of imide groups is 1. The van der Waals surface area contributed by atoms with Gasteiger partial charge in [0.15, 0.2) is 0 Å². The van der Waals surface area contributed by atoms with Crippen LogP contribution in [-0.4, -0.2) is 33.4 Å². The Kier molecular flexibility index (Phi) is 6.80. The zero-order valence-electron chi connectivity index (χ0n) is 20.1. The molecule has 4 rings (SSSR count). The standard InChI is InChI=1S/C26H23N3O6S/c1-14-6-5-7-15(2)24(14)27-23(30)13-28-25(31)22(36-26(28)32)12-19-8-9-21(35-19)18-10-16(3)17(4)20(11-18)29(33)34/h5-12H,13H2,1-4H3,(H,27,30)/b22-12+. The lowest BCUT2D eigenvalue weighted by Crippen LogP contribution is -2.36. The van der Waals surface area contributed by atoms with E-state index < -0.39 is 28.5 Å². The molecular weight excluding hydrogens is 482 g/mol. The summed E-state index contributed by atoms with van der Waals surface area (Å²) < 4.78 is 5.79. The summed E-state index contributed by atoms with van der Waals surface area (Å²) in [6, 6.07) is 12.1. The third-order valence-corrected chi connectivity index (χ3v) is 6.85. The van der Waals surface area contributed by atoms with Crippen molar-refractivity contribution in [1.29, 1.82) is 0 Å². The monoisotopic (exact) mass is 505 g/mol. The summed E-state index contributed by atoms with van der Waals surface area (Å²) in [5.74, 6) is -0.384. The number of carbonyl (C=O) groups is 3. The molecule has 0 aliphatic carbocycles. The molecule has 0 saturated carbocycles. The lowest BCUT2D eigenvalue weighted by Gasteiger charge is -2.15. The average Bonchev–Trinajstić information content (AvgIpc) is 3.38. The second-order valence-corrected chi connectivity index (χ2v) is 9.47. The number of anilines is 1. The van der Waals surface area contributed by atoms with Crippen molar-refractivity contribution in [3.05, 3.63) is 85.5 Å². The lowest BCUT2D eigenvalue weighted by atomic mass is 10.0. The van der Waals surface area contributed by atoms with Crippen molar-refractivity contribution in [2.24, 2.45) is 0 Å². The first-order valence-corrected chi connectivity index (χ1v) is 11.8. The van der Waals surface area contributed by atoms with Crippen LogP contribution in [0.3, 0.4) is 0 Å². The molecule has 1 N–H and O–H groups in total. The van der Waals surface area contributed by atoms with Gasteiger partial charge in [-0.15, -0.1) is 0 Å². The topological polar surface area (TPSA) is 123 Å². The van der Waals surface area contributed by atoms with Crippen LogP contribution in [0.15, 0.2) is 51.8 Å². The molecular formula is C26H23N3O6S. The molecule has 9 nitrogen and oxygen atoms in total. The summed E-state index contributed by atoms with van der Waals surface area (Å²) in [7, 11) is 0. The van der Waals surface area contributed by atoms with E-state index in [0.29, 0.717) is 40.1 Å². The number of thioether (sulfide) groups is 1. The van der Waals surface area contributed by atoms with Gasteiger partial charge in [-0.2, -0.15) is 0 Å². The minimum Gasteiger partial charge on any atom is -0.457 e. The number of para-hydroxylation sites is 1. The van der Waals surface area contributed by atoms with Crippen molar-refractivity contribution in [1.82, 2.24) is 4.90 Å². The molecule has 184 valence electrons. The van der Waals surface area contributed by atoms with E-state index in [1.165, 1.54) is 12.1 Å². The molecule has 0 spiro atoms. The first-order chi connectivity index (χ1) is 17.0. The van der Waals surface area contributed by atoms with Crippen molar-refractivity contribution in [3.8, 4) is 11.3 Å². The van der Waals surface area contributed by atoms with Crippen LogP contribution in [0.2, 0.25) is 0 Å². The molecule has 2 aromatic carbocycles. The minimum atomic E-state index is -0.596. The average molecular weight is 506 g/mol. The SMILES string of the molecule is Cc1cc(-c2ccc(/C=C3/SC(=O)N(CC(=O)Nc4c(C)cccc4C)C3=O)o2)cc([N+](=O)[O-])c1C. The number of furan rings is 1. The van der Waals surface area contributed by atoms with E-state index >= 15 is 0 Å². The predicted octanol–water partition coefficient (Wildman–Crippen LogP) is 5.76. The van der Waals surface area contributed by atoms with E-state index in [-0.39, 0.29) is 10.6 Å². The van der Waals surface area contributed by atoms with Gasteiger partial charge in [0.05, 0.1) is 9.83 Å². The number of nitrogens with zero attached hydrogens (tertiary/aromatic N) is 2. The quantitative estimate of drug-likeness (QED) is 0.256. The summed E-state index contributed by atoms with van der Waals surface area (Å²) in [6.07, 6.45) is 1.42. The van der Waals surface area contributed by atoms with E-state index in [0.717, 1.165) is 21.6 Å². The second-order valence-electron chi connectivity index (χ2n) is 8.48. The van der Waals surface area contributed by atoms with Gasteiger partial charge < -0.3 is 9.73 Å². The van der Waals surface area contributed by atoms with Crippen LogP contribution in [0, 0.1) is 37.8 Å². The fourth-order valence-corrected chi connectivity index (χ4v) is 4.68. The molecule has 0 bridgehead atoms. The number of aryl methyl sites for hydroxylation is 3. The lowest BCUT2D eigenvalue weighted by molar-refractivity contribution is -0.385. The van der Waals surface area contributed by atoms with Crippen LogP contribution in [-0.2, 0) is 9.59 Å². The largest absolute Gasteiger partial charge is 0.457 e. The smallest absolute Gasteiger partial charge is 0.294 e. The minimum absolute atomic E-state index is 0.0109. The third-order valence-electron chi connectivity index (χ3n) is 5.94. The number of amides is 3. The maximum Gasteiger partial charge on any atom is 0.294 e. The molecule has 1 aliphatic heterocycles. The van der Waals surface area contributed by atoms with Gasteiger partial charge in [-0.25, -0.2) is 0 Å². The molecule has 1 aromatic heterocycles. The second kappa shape index (κ2) is 9.82.